The average molecular weight is 299 g/mol. The summed E-state index contributed by atoms with van der Waals surface area (Å²) in [5.41, 5.74) is 1.60. The largest absolute Gasteiger partial charge is 0.508 e. The Hall–Kier alpha value is -2.60. The molecule has 0 bridgehead atoms. The molecule has 0 spiro atoms. The summed E-state index contributed by atoms with van der Waals surface area (Å²) >= 11 is 1.55. The number of phenolic OH excluding ortho intramolecular Hbond substituents is 2. The molecule has 1 heterocycles. The number of fused-ring (bicyclic) bond motifs is 1. The van der Waals surface area contributed by atoms with Crippen LogP contribution in [0.25, 0.3) is 10.2 Å². The van der Waals surface area contributed by atoms with Gasteiger partial charge in [0, 0.05) is 18.7 Å². The summed E-state index contributed by atoms with van der Waals surface area (Å²) < 4.78 is 3.11. The molecule has 0 saturated heterocycles. The lowest BCUT2D eigenvalue weighted by Crippen LogP contribution is -2.08. The number of phenols is 2. The molecule has 0 aliphatic heterocycles. The van der Waals surface area contributed by atoms with Crippen LogP contribution in [0.15, 0.2) is 52.7 Å². The number of hydrogen-bond acceptors (Lipinski definition) is 5. The first kappa shape index (κ1) is 13.4. The lowest BCUT2D eigenvalue weighted by atomic mass is 10.2. The van der Waals surface area contributed by atoms with Gasteiger partial charge in [0.15, 0.2) is 0 Å². The fourth-order valence-electron chi connectivity index (χ4n) is 1.96. The Morgan fingerprint density at radius 1 is 1.14 bits per heavy atom. The zero-order valence-electron chi connectivity index (χ0n) is 11.3. The van der Waals surface area contributed by atoms with Crippen molar-refractivity contribution >= 4 is 27.8 Å². The van der Waals surface area contributed by atoms with E-state index in [2.05, 4.69) is 10.2 Å². The molecule has 3 rings (SSSR count). The zero-order valence-corrected chi connectivity index (χ0v) is 12.1. The Balaban J connectivity index is 1.97. The minimum Gasteiger partial charge on any atom is -0.508 e. The molecule has 0 atom stereocenters. The first-order chi connectivity index (χ1) is 10.1. The van der Waals surface area contributed by atoms with E-state index >= 15 is 0 Å². The summed E-state index contributed by atoms with van der Waals surface area (Å²) in [5, 5.41) is 27.1. The summed E-state index contributed by atoms with van der Waals surface area (Å²) in [7, 11) is 1.94. The number of benzene rings is 2. The van der Waals surface area contributed by atoms with Gasteiger partial charge < -0.3 is 14.8 Å². The van der Waals surface area contributed by atoms with Gasteiger partial charge in [-0.25, -0.2) is 0 Å². The molecule has 106 valence electrons. The topological polar surface area (TPSA) is 70.1 Å². The number of para-hydroxylation sites is 1. The summed E-state index contributed by atoms with van der Waals surface area (Å²) in [5.74, 6) is -0.0211. The summed E-state index contributed by atoms with van der Waals surface area (Å²) in [6.45, 7) is 0. The van der Waals surface area contributed by atoms with Gasteiger partial charge in [-0.3, -0.25) is 0 Å². The highest BCUT2D eigenvalue weighted by atomic mass is 32.1. The van der Waals surface area contributed by atoms with Gasteiger partial charge in [-0.2, -0.15) is 5.10 Å². The van der Waals surface area contributed by atoms with Crippen LogP contribution in [0.1, 0.15) is 5.56 Å². The predicted molar refractivity (Wildman–Crippen MR) is 83.7 cm³/mol. The Labute approximate surface area is 124 Å². The van der Waals surface area contributed by atoms with E-state index in [1.54, 1.807) is 17.4 Å². The molecular formula is C15H13N3O2S. The van der Waals surface area contributed by atoms with Crippen LogP contribution in [0.3, 0.4) is 0 Å². The molecule has 1 aromatic heterocycles. The minimum atomic E-state index is -0.0327. The van der Waals surface area contributed by atoms with Crippen molar-refractivity contribution in [2.24, 2.45) is 17.3 Å². The van der Waals surface area contributed by atoms with Crippen molar-refractivity contribution in [3.05, 3.63) is 52.8 Å². The lowest BCUT2D eigenvalue weighted by Gasteiger charge is -1.97. The third-order valence-corrected chi connectivity index (χ3v) is 4.17. The van der Waals surface area contributed by atoms with Gasteiger partial charge in [-0.05, 0) is 24.3 Å². The van der Waals surface area contributed by atoms with Crippen molar-refractivity contribution in [1.29, 1.82) is 0 Å². The number of aromatic nitrogens is 1. The van der Waals surface area contributed by atoms with Gasteiger partial charge in [0.1, 0.15) is 11.5 Å². The Bertz CT molecular complexity index is 893. The number of rotatable bonds is 2. The van der Waals surface area contributed by atoms with Crippen LogP contribution in [0, 0.1) is 0 Å². The normalized spacial score (nSPS) is 12.5. The molecule has 0 amide bonds. The smallest absolute Gasteiger partial charge is 0.211 e. The van der Waals surface area contributed by atoms with E-state index in [9.17, 15) is 10.2 Å². The van der Waals surface area contributed by atoms with E-state index in [-0.39, 0.29) is 11.5 Å². The number of hydrogen-bond donors (Lipinski definition) is 2. The highest BCUT2D eigenvalue weighted by Gasteiger charge is 2.01. The van der Waals surface area contributed by atoms with Crippen molar-refractivity contribution in [2.45, 2.75) is 0 Å². The monoisotopic (exact) mass is 299 g/mol. The van der Waals surface area contributed by atoms with E-state index in [4.69, 9.17) is 0 Å². The van der Waals surface area contributed by atoms with Gasteiger partial charge in [0.2, 0.25) is 4.80 Å². The second-order valence-electron chi connectivity index (χ2n) is 4.50. The first-order valence-electron chi connectivity index (χ1n) is 6.29. The molecule has 0 aliphatic rings. The van der Waals surface area contributed by atoms with Crippen molar-refractivity contribution < 1.29 is 10.2 Å². The Kier molecular flexibility index (Phi) is 3.45. The standard InChI is InChI=1S/C15H13N3O2S/c1-18-12-4-2-3-5-14(12)21-15(18)17-16-9-10-6-7-11(19)8-13(10)20/h2-9,19-20H,1H3/b16-9+,17-15+. The van der Waals surface area contributed by atoms with Crippen LogP contribution in [0.5, 0.6) is 11.5 Å². The maximum atomic E-state index is 9.66. The molecule has 2 aromatic carbocycles. The van der Waals surface area contributed by atoms with E-state index in [0.29, 0.717) is 5.56 Å². The summed E-state index contributed by atoms with van der Waals surface area (Å²) in [6.07, 6.45) is 1.46. The highest BCUT2D eigenvalue weighted by molar-refractivity contribution is 7.16. The van der Waals surface area contributed by atoms with Gasteiger partial charge in [0.25, 0.3) is 0 Å². The molecular weight excluding hydrogens is 286 g/mol. The van der Waals surface area contributed by atoms with E-state index in [1.807, 2.05) is 35.9 Å². The van der Waals surface area contributed by atoms with Crippen LogP contribution in [0.2, 0.25) is 0 Å². The molecule has 2 N–H and O–H groups in total. The fraction of sp³-hybridized carbons (Fsp3) is 0.0667. The second kappa shape index (κ2) is 5.41. The van der Waals surface area contributed by atoms with Crippen LogP contribution in [-0.2, 0) is 7.05 Å². The van der Waals surface area contributed by atoms with Crippen molar-refractivity contribution in [1.82, 2.24) is 4.57 Å². The summed E-state index contributed by atoms with van der Waals surface area (Å²) in [4.78, 5) is 0.769. The minimum absolute atomic E-state index is 0.0116. The van der Waals surface area contributed by atoms with Crippen LogP contribution in [-0.4, -0.2) is 21.0 Å². The Morgan fingerprint density at radius 2 is 1.95 bits per heavy atom. The van der Waals surface area contributed by atoms with Gasteiger partial charge in [-0.1, -0.05) is 23.5 Å². The molecule has 21 heavy (non-hydrogen) atoms. The van der Waals surface area contributed by atoms with E-state index in [1.165, 1.54) is 18.3 Å². The Morgan fingerprint density at radius 3 is 2.71 bits per heavy atom. The molecule has 6 heteroatoms. The van der Waals surface area contributed by atoms with Gasteiger partial charge >= 0.3 is 0 Å². The number of aromatic hydroxyl groups is 2. The highest BCUT2D eigenvalue weighted by Crippen LogP contribution is 2.20. The van der Waals surface area contributed by atoms with Crippen LogP contribution >= 0.6 is 11.3 Å². The fourth-order valence-corrected chi connectivity index (χ4v) is 2.94. The number of thiazole rings is 1. The average Bonchev–Trinajstić information content (AvgIpc) is 2.79. The second-order valence-corrected chi connectivity index (χ2v) is 5.51. The lowest BCUT2D eigenvalue weighted by molar-refractivity contribution is 0.450. The molecule has 0 aliphatic carbocycles. The maximum Gasteiger partial charge on any atom is 0.211 e. The predicted octanol–water partition coefficient (Wildman–Crippen LogP) is 2.59. The molecule has 0 fully saturated rings. The zero-order chi connectivity index (χ0) is 14.8. The van der Waals surface area contributed by atoms with Crippen LogP contribution < -0.4 is 4.80 Å². The molecule has 5 nitrogen and oxygen atoms in total. The number of aryl methyl sites for hydroxylation is 1. The molecule has 3 aromatic rings. The third kappa shape index (κ3) is 2.66. The van der Waals surface area contributed by atoms with Crippen LogP contribution in [0.4, 0.5) is 0 Å². The first-order valence-corrected chi connectivity index (χ1v) is 7.10. The van der Waals surface area contributed by atoms with Crippen molar-refractivity contribution in [2.75, 3.05) is 0 Å². The van der Waals surface area contributed by atoms with Gasteiger partial charge in [0.05, 0.1) is 16.4 Å². The van der Waals surface area contributed by atoms with Crippen molar-refractivity contribution in [3.8, 4) is 11.5 Å². The quantitative estimate of drug-likeness (QED) is 0.564. The molecule has 0 unspecified atom stereocenters. The summed E-state index contributed by atoms with van der Waals surface area (Å²) in [6, 6.07) is 12.4. The maximum absolute atomic E-state index is 9.66. The number of nitrogens with zero attached hydrogens (tertiary/aromatic N) is 3. The third-order valence-electron chi connectivity index (χ3n) is 3.07. The molecule has 0 saturated carbocycles. The molecule has 0 radical (unpaired) electrons. The van der Waals surface area contributed by atoms with E-state index < -0.39 is 0 Å². The van der Waals surface area contributed by atoms with Crippen molar-refractivity contribution in [3.63, 3.8) is 0 Å². The van der Waals surface area contributed by atoms with E-state index in [0.717, 1.165) is 15.0 Å². The van der Waals surface area contributed by atoms with Gasteiger partial charge in [-0.15, -0.1) is 5.10 Å². The SMILES string of the molecule is Cn1/c(=N\N=C\c2ccc(O)cc2O)sc2ccccc21.